The van der Waals surface area contributed by atoms with Gasteiger partial charge in [0.05, 0.1) is 4.90 Å². The molecular weight excluding hydrogens is 272 g/mol. The molecule has 4 N–H and O–H groups in total. The van der Waals surface area contributed by atoms with Crippen LogP contribution in [-0.4, -0.2) is 18.4 Å². The van der Waals surface area contributed by atoms with Crippen LogP contribution in [0.5, 0.6) is 0 Å². The first kappa shape index (κ1) is 12.8. The molecule has 1 heterocycles. The Morgan fingerprint density at radius 3 is 2.61 bits per heavy atom. The van der Waals surface area contributed by atoms with Crippen LogP contribution >= 0.6 is 11.8 Å². The second-order valence-corrected chi connectivity index (χ2v) is 5.99. The van der Waals surface area contributed by atoms with Crippen molar-refractivity contribution in [1.29, 1.82) is 0 Å². The molecule has 0 unspecified atom stereocenters. The zero-order chi connectivity index (χ0) is 13.2. The van der Waals surface area contributed by atoms with Gasteiger partial charge >= 0.3 is 0 Å². The third-order valence-electron chi connectivity index (χ3n) is 2.04. The first-order chi connectivity index (χ1) is 8.47. The predicted octanol–water partition coefficient (Wildman–Crippen LogP) is 0.857. The molecule has 2 aromatic rings. The van der Waals surface area contributed by atoms with Gasteiger partial charge in [0.1, 0.15) is 11.4 Å². The second kappa shape index (κ2) is 4.92. The Balaban J connectivity index is 2.46. The number of nitrogens with zero attached hydrogens (tertiary/aromatic N) is 2. The van der Waals surface area contributed by atoms with E-state index in [-0.39, 0.29) is 4.90 Å². The summed E-state index contributed by atoms with van der Waals surface area (Å²) in [6.45, 7) is 0. The molecule has 2 rings (SSSR count). The van der Waals surface area contributed by atoms with Gasteiger partial charge in [-0.3, -0.25) is 0 Å². The first-order valence-corrected chi connectivity index (χ1v) is 7.19. The Hall–Kier alpha value is -1.64. The number of sulfonamides is 1. The highest BCUT2D eigenvalue weighted by Gasteiger charge is 2.15. The van der Waals surface area contributed by atoms with Gasteiger partial charge in [0, 0.05) is 16.8 Å². The number of hydrogen-bond acceptors (Lipinski definition) is 6. The van der Waals surface area contributed by atoms with Gasteiger partial charge in [-0.05, 0) is 24.3 Å². The fourth-order valence-corrected chi connectivity index (χ4v) is 3.15. The second-order valence-electron chi connectivity index (χ2n) is 3.40. The molecule has 0 radical (unpaired) electrons. The molecule has 1 aromatic carbocycles. The lowest BCUT2D eigenvalue weighted by atomic mass is 10.3. The van der Waals surface area contributed by atoms with E-state index in [1.807, 2.05) is 0 Å². The van der Waals surface area contributed by atoms with Crippen molar-refractivity contribution in [1.82, 2.24) is 9.97 Å². The van der Waals surface area contributed by atoms with Crippen molar-refractivity contribution in [2.75, 3.05) is 5.73 Å². The Morgan fingerprint density at radius 2 is 2.00 bits per heavy atom. The van der Waals surface area contributed by atoms with Crippen LogP contribution in [-0.2, 0) is 10.0 Å². The standard InChI is InChI=1S/C10H10N4O2S2/c11-7-1-2-8(9(5-7)18(12,15)16)17-10-3-4-13-6-14-10/h1-6H,11H2,(H2,12,15,16). The molecule has 0 aliphatic carbocycles. The molecule has 0 saturated carbocycles. The Bertz CT molecular complexity index is 659. The summed E-state index contributed by atoms with van der Waals surface area (Å²) in [6, 6.07) is 6.22. The lowest BCUT2D eigenvalue weighted by Gasteiger charge is -2.07. The summed E-state index contributed by atoms with van der Waals surface area (Å²) in [5.74, 6) is 0. The highest BCUT2D eigenvalue weighted by atomic mass is 32.2. The molecular formula is C10H10N4O2S2. The Labute approximate surface area is 108 Å². The number of nitrogen functional groups attached to an aromatic ring is 1. The molecule has 6 nitrogen and oxygen atoms in total. The molecule has 0 atom stereocenters. The van der Waals surface area contributed by atoms with Crippen LogP contribution in [0, 0.1) is 0 Å². The monoisotopic (exact) mass is 282 g/mol. The van der Waals surface area contributed by atoms with Crippen molar-refractivity contribution < 1.29 is 8.42 Å². The van der Waals surface area contributed by atoms with E-state index >= 15 is 0 Å². The van der Waals surface area contributed by atoms with Crippen LogP contribution in [0.1, 0.15) is 0 Å². The van der Waals surface area contributed by atoms with E-state index in [9.17, 15) is 8.42 Å². The maximum Gasteiger partial charge on any atom is 0.239 e. The minimum Gasteiger partial charge on any atom is -0.399 e. The van der Waals surface area contributed by atoms with Crippen molar-refractivity contribution >= 4 is 27.5 Å². The average molecular weight is 282 g/mol. The molecule has 18 heavy (non-hydrogen) atoms. The van der Waals surface area contributed by atoms with Crippen LogP contribution < -0.4 is 10.9 Å². The van der Waals surface area contributed by atoms with Crippen LogP contribution in [0.15, 0.2) is 51.6 Å². The molecule has 0 amide bonds. The summed E-state index contributed by atoms with van der Waals surface area (Å²) in [6.07, 6.45) is 2.96. The first-order valence-electron chi connectivity index (χ1n) is 4.83. The fraction of sp³-hybridized carbons (Fsp3) is 0. The quantitative estimate of drug-likeness (QED) is 0.637. The SMILES string of the molecule is Nc1ccc(Sc2ccncn2)c(S(N)(=O)=O)c1. The van der Waals surface area contributed by atoms with Crippen LogP contribution in [0.3, 0.4) is 0 Å². The normalized spacial score (nSPS) is 11.4. The van der Waals surface area contributed by atoms with Gasteiger partial charge in [-0.2, -0.15) is 0 Å². The number of hydrogen-bond donors (Lipinski definition) is 2. The van der Waals surface area contributed by atoms with Gasteiger partial charge in [0.15, 0.2) is 0 Å². The summed E-state index contributed by atoms with van der Waals surface area (Å²) in [4.78, 5) is 8.26. The Morgan fingerprint density at radius 1 is 1.22 bits per heavy atom. The molecule has 0 fully saturated rings. The third-order valence-corrected chi connectivity index (χ3v) is 4.15. The summed E-state index contributed by atoms with van der Waals surface area (Å²) < 4.78 is 22.9. The van der Waals surface area contributed by atoms with Gasteiger partial charge < -0.3 is 5.73 Å². The van der Waals surface area contributed by atoms with Gasteiger partial charge in [0.2, 0.25) is 10.0 Å². The molecule has 8 heteroatoms. The number of rotatable bonds is 3. The number of benzene rings is 1. The minimum atomic E-state index is -3.82. The van der Waals surface area contributed by atoms with Gasteiger partial charge in [-0.1, -0.05) is 11.8 Å². The van der Waals surface area contributed by atoms with Crippen molar-refractivity contribution in [3.63, 3.8) is 0 Å². The number of nitrogens with two attached hydrogens (primary N) is 2. The van der Waals surface area contributed by atoms with Crippen molar-refractivity contribution in [2.24, 2.45) is 5.14 Å². The molecule has 0 aliphatic heterocycles. The average Bonchev–Trinajstić information content (AvgIpc) is 2.31. The van der Waals surface area contributed by atoms with E-state index in [0.29, 0.717) is 15.6 Å². The number of primary sulfonamides is 1. The summed E-state index contributed by atoms with van der Waals surface area (Å²) >= 11 is 1.18. The van der Waals surface area contributed by atoms with E-state index in [1.165, 1.54) is 24.2 Å². The van der Waals surface area contributed by atoms with E-state index < -0.39 is 10.0 Å². The molecule has 0 bridgehead atoms. The maximum absolute atomic E-state index is 11.5. The van der Waals surface area contributed by atoms with Gasteiger partial charge in [0.25, 0.3) is 0 Å². The zero-order valence-corrected chi connectivity index (χ0v) is 10.8. The molecule has 0 saturated heterocycles. The Kier molecular flexibility index (Phi) is 3.50. The third kappa shape index (κ3) is 2.97. The van der Waals surface area contributed by atoms with E-state index in [0.717, 1.165) is 0 Å². The largest absolute Gasteiger partial charge is 0.399 e. The lowest BCUT2D eigenvalue weighted by molar-refractivity contribution is 0.596. The van der Waals surface area contributed by atoms with Crippen molar-refractivity contribution in [3.05, 3.63) is 36.8 Å². The van der Waals surface area contributed by atoms with Crippen LogP contribution in [0.2, 0.25) is 0 Å². The van der Waals surface area contributed by atoms with Crippen molar-refractivity contribution in [2.45, 2.75) is 14.8 Å². The number of aromatic nitrogens is 2. The summed E-state index contributed by atoms with van der Waals surface area (Å²) in [5, 5.41) is 5.78. The molecule has 94 valence electrons. The van der Waals surface area contributed by atoms with E-state index in [4.69, 9.17) is 10.9 Å². The smallest absolute Gasteiger partial charge is 0.239 e. The summed E-state index contributed by atoms with van der Waals surface area (Å²) in [5.41, 5.74) is 5.90. The zero-order valence-electron chi connectivity index (χ0n) is 9.15. The maximum atomic E-state index is 11.5. The van der Waals surface area contributed by atoms with E-state index in [1.54, 1.807) is 24.4 Å². The fourth-order valence-electron chi connectivity index (χ4n) is 1.28. The number of anilines is 1. The van der Waals surface area contributed by atoms with Crippen LogP contribution in [0.25, 0.3) is 0 Å². The minimum absolute atomic E-state index is 0.00823. The van der Waals surface area contributed by atoms with Crippen LogP contribution in [0.4, 0.5) is 5.69 Å². The van der Waals surface area contributed by atoms with E-state index in [2.05, 4.69) is 9.97 Å². The topological polar surface area (TPSA) is 112 Å². The molecule has 0 aliphatic rings. The highest BCUT2D eigenvalue weighted by molar-refractivity contribution is 8.00. The van der Waals surface area contributed by atoms with Gasteiger partial charge in [-0.25, -0.2) is 23.5 Å². The predicted molar refractivity (Wildman–Crippen MR) is 68.4 cm³/mol. The van der Waals surface area contributed by atoms with Crippen molar-refractivity contribution in [3.8, 4) is 0 Å². The molecule has 0 spiro atoms. The van der Waals surface area contributed by atoms with Gasteiger partial charge in [-0.15, -0.1) is 0 Å². The molecule has 1 aromatic heterocycles. The highest BCUT2D eigenvalue weighted by Crippen LogP contribution is 2.31. The summed E-state index contributed by atoms with van der Waals surface area (Å²) in [7, 11) is -3.82. The lowest BCUT2D eigenvalue weighted by Crippen LogP contribution is -2.13.